The monoisotopic (exact) mass is 555 g/mol. The Balaban J connectivity index is 2.32. The van der Waals surface area contributed by atoms with E-state index in [-0.39, 0.29) is 24.2 Å². The van der Waals surface area contributed by atoms with Gasteiger partial charge in [-0.25, -0.2) is 8.78 Å². The van der Waals surface area contributed by atoms with Crippen molar-refractivity contribution in [2.45, 2.75) is 37.0 Å². The zero-order valence-electron chi connectivity index (χ0n) is 16.1. The summed E-state index contributed by atoms with van der Waals surface area (Å²) in [5.41, 5.74) is -11.6. The maximum Gasteiger partial charge on any atom is 0.435 e. The Bertz CT molecular complexity index is 1010. The molecule has 0 radical (unpaired) electrons. The smallest absolute Gasteiger partial charge is 0.337 e. The SMILES string of the molecule is Fc1ccccc1N(CC1CC1)c1c(Br)cc(C(F)(C(F)(F)F)C(F)(F)F)cc1C(F)(F)F. The fourth-order valence-corrected chi connectivity index (χ4v) is 3.99. The Morgan fingerprint density at radius 1 is 0.848 bits per heavy atom. The predicted octanol–water partition coefficient (Wildman–Crippen LogP) is 8.44. The van der Waals surface area contributed by atoms with Gasteiger partial charge < -0.3 is 4.90 Å². The Morgan fingerprint density at radius 3 is 1.85 bits per heavy atom. The summed E-state index contributed by atoms with van der Waals surface area (Å²) in [6, 6.07) is 4.07. The molecule has 2 aromatic carbocycles. The van der Waals surface area contributed by atoms with Gasteiger partial charge in [-0.2, -0.15) is 39.5 Å². The summed E-state index contributed by atoms with van der Waals surface area (Å²) >= 11 is 2.58. The van der Waals surface area contributed by atoms with Crippen molar-refractivity contribution in [3.8, 4) is 0 Å². The van der Waals surface area contributed by atoms with Crippen LogP contribution in [0.15, 0.2) is 40.9 Å². The third kappa shape index (κ3) is 4.78. The van der Waals surface area contributed by atoms with Gasteiger partial charge in [0.2, 0.25) is 0 Å². The number of alkyl halides is 10. The molecule has 0 bridgehead atoms. The number of halogens is 12. The molecule has 1 aliphatic carbocycles. The second-order valence-corrected chi connectivity index (χ2v) is 8.37. The van der Waals surface area contributed by atoms with Gasteiger partial charge in [0.05, 0.1) is 16.9 Å². The van der Waals surface area contributed by atoms with Crippen LogP contribution in [0.2, 0.25) is 0 Å². The second kappa shape index (κ2) is 8.31. The Kier molecular flexibility index (Phi) is 6.44. The summed E-state index contributed by atoms with van der Waals surface area (Å²) in [7, 11) is 0. The van der Waals surface area contributed by atoms with Crippen LogP contribution in [0, 0.1) is 11.7 Å². The van der Waals surface area contributed by atoms with Gasteiger partial charge in [0.1, 0.15) is 5.82 Å². The average molecular weight is 556 g/mol. The first-order chi connectivity index (χ1) is 15.0. The van der Waals surface area contributed by atoms with E-state index in [1.807, 2.05) is 0 Å². The lowest BCUT2D eigenvalue weighted by Crippen LogP contribution is -2.50. The van der Waals surface area contributed by atoms with Crippen molar-refractivity contribution >= 4 is 27.3 Å². The molecule has 0 aliphatic heterocycles. The molecular weight excluding hydrogens is 543 g/mol. The molecule has 33 heavy (non-hydrogen) atoms. The van der Waals surface area contributed by atoms with Crippen LogP contribution in [0.4, 0.5) is 59.7 Å². The van der Waals surface area contributed by atoms with E-state index in [0.29, 0.717) is 12.8 Å². The molecule has 2 aromatic rings. The number of nitrogens with zero attached hydrogens (tertiary/aromatic N) is 1. The molecule has 0 heterocycles. The van der Waals surface area contributed by atoms with Gasteiger partial charge in [-0.05, 0) is 59.0 Å². The predicted molar refractivity (Wildman–Crippen MR) is 100 cm³/mol. The van der Waals surface area contributed by atoms with Crippen molar-refractivity contribution in [2.24, 2.45) is 5.92 Å². The largest absolute Gasteiger partial charge is 0.435 e. The van der Waals surface area contributed by atoms with Crippen LogP contribution in [-0.2, 0) is 11.8 Å². The third-order valence-corrected chi connectivity index (χ3v) is 5.70. The summed E-state index contributed by atoms with van der Waals surface area (Å²) in [4.78, 5) is 0.824. The quantitative estimate of drug-likeness (QED) is 0.334. The molecule has 0 aromatic heterocycles. The topological polar surface area (TPSA) is 3.24 Å². The van der Waals surface area contributed by atoms with E-state index >= 15 is 0 Å². The number of hydrogen-bond acceptors (Lipinski definition) is 1. The lowest BCUT2D eigenvalue weighted by atomic mass is 9.91. The molecule has 0 N–H and O–H groups in total. The highest BCUT2D eigenvalue weighted by Gasteiger charge is 2.73. The number of hydrogen-bond donors (Lipinski definition) is 0. The van der Waals surface area contributed by atoms with Crippen molar-refractivity contribution in [1.29, 1.82) is 0 Å². The third-order valence-electron chi connectivity index (χ3n) is 5.10. The molecule has 0 spiro atoms. The summed E-state index contributed by atoms with van der Waals surface area (Å²) in [6.45, 7) is -0.193. The number of para-hydroxylation sites is 1. The lowest BCUT2D eigenvalue weighted by molar-refractivity contribution is -0.348. The number of benzene rings is 2. The minimum Gasteiger partial charge on any atom is -0.337 e. The van der Waals surface area contributed by atoms with Crippen molar-refractivity contribution < 1.29 is 48.3 Å². The first kappa shape index (κ1) is 25.6. The minimum absolute atomic E-state index is 0.00764. The molecule has 1 aliphatic rings. The Hall–Kier alpha value is -2.05. The molecule has 0 atom stereocenters. The van der Waals surface area contributed by atoms with Gasteiger partial charge in [0.15, 0.2) is 0 Å². The molecule has 1 saturated carbocycles. The van der Waals surface area contributed by atoms with Crippen LogP contribution in [0.25, 0.3) is 0 Å². The minimum atomic E-state index is -6.60. The summed E-state index contributed by atoms with van der Waals surface area (Å²) in [5.74, 6) is -1.14. The molecule has 1 nitrogen and oxygen atoms in total. The highest BCUT2D eigenvalue weighted by atomic mass is 79.9. The standard InChI is InChI=1S/C20H13BrF11N/c21-13-8-11(17(23,19(27,28)29)20(30,31)32)7-12(18(24,25)26)16(13)33(9-10-5-6-10)15-4-2-1-3-14(15)22/h1-4,7-8,10H,5-6,9H2. The van der Waals surface area contributed by atoms with Gasteiger partial charge in [0, 0.05) is 16.6 Å². The van der Waals surface area contributed by atoms with Crippen LogP contribution in [-0.4, -0.2) is 18.9 Å². The van der Waals surface area contributed by atoms with E-state index in [2.05, 4.69) is 15.9 Å². The van der Waals surface area contributed by atoms with E-state index in [9.17, 15) is 48.3 Å². The van der Waals surface area contributed by atoms with Crippen molar-refractivity contribution in [1.82, 2.24) is 0 Å². The summed E-state index contributed by atoms with van der Waals surface area (Å²) in [5, 5.41) is 0. The van der Waals surface area contributed by atoms with Gasteiger partial charge in [-0.15, -0.1) is 0 Å². The number of rotatable bonds is 5. The molecule has 1 fully saturated rings. The van der Waals surface area contributed by atoms with Crippen molar-refractivity contribution in [3.63, 3.8) is 0 Å². The van der Waals surface area contributed by atoms with Crippen LogP contribution in [0.3, 0.4) is 0 Å². The van der Waals surface area contributed by atoms with E-state index in [1.165, 1.54) is 12.1 Å². The molecule has 182 valence electrons. The molecule has 0 saturated heterocycles. The molecule has 13 heteroatoms. The first-order valence-electron chi connectivity index (χ1n) is 9.24. The number of anilines is 2. The van der Waals surface area contributed by atoms with E-state index in [1.54, 1.807) is 0 Å². The summed E-state index contributed by atoms with van der Waals surface area (Å²) in [6.07, 6.45) is -17.5. The normalized spacial score (nSPS) is 15.6. The van der Waals surface area contributed by atoms with Crippen molar-refractivity contribution in [3.05, 3.63) is 57.8 Å². The molecule has 3 rings (SSSR count). The zero-order chi connectivity index (χ0) is 25.0. The first-order valence-corrected chi connectivity index (χ1v) is 10.0. The van der Waals surface area contributed by atoms with Crippen LogP contribution in [0.1, 0.15) is 24.0 Å². The maximum atomic E-state index is 14.5. The van der Waals surface area contributed by atoms with Gasteiger partial charge in [0.25, 0.3) is 0 Å². The van der Waals surface area contributed by atoms with E-state index in [4.69, 9.17) is 0 Å². The second-order valence-electron chi connectivity index (χ2n) is 7.51. The molecular formula is C20H13BrF11N. The summed E-state index contributed by atoms with van der Waals surface area (Å²) < 4.78 is 149. The highest BCUT2D eigenvalue weighted by Crippen LogP contribution is 2.56. The lowest BCUT2D eigenvalue weighted by Gasteiger charge is -2.33. The highest BCUT2D eigenvalue weighted by molar-refractivity contribution is 9.10. The fourth-order valence-electron chi connectivity index (χ4n) is 3.32. The average Bonchev–Trinajstić information content (AvgIpc) is 3.47. The van der Waals surface area contributed by atoms with Crippen LogP contribution < -0.4 is 4.90 Å². The van der Waals surface area contributed by atoms with Gasteiger partial charge >= 0.3 is 24.2 Å². The van der Waals surface area contributed by atoms with Crippen LogP contribution >= 0.6 is 15.9 Å². The molecule has 0 unspecified atom stereocenters. The van der Waals surface area contributed by atoms with E-state index in [0.717, 1.165) is 17.0 Å². The fraction of sp³-hybridized carbons (Fsp3) is 0.400. The van der Waals surface area contributed by atoms with Gasteiger partial charge in [-0.3, -0.25) is 0 Å². The van der Waals surface area contributed by atoms with Gasteiger partial charge in [-0.1, -0.05) is 12.1 Å². The maximum absolute atomic E-state index is 14.5. The zero-order valence-corrected chi connectivity index (χ0v) is 17.7. The van der Waals surface area contributed by atoms with Crippen molar-refractivity contribution in [2.75, 3.05) is 11.4 Å². The Morgan fingerprint density at radius 2 is 1.39 bits per heavy atom. The Labute approximate surface area is 188 Å². The van der Waals surface area contributed by atoms with E-state index < -0.39 is 57.4 Å². The molecule has 0 amide bonds. The van der Waals surface area contributed by atoms with Crippen LogP contribution in [0.5, 0.6) is 0 Å².